The Kier molecular flexibility index (Phi) is 4.03. The van der Waals surface area contributed by atoms with Crippen molar-refractivity contribution < 1.29 is 9.90 Å². The Hall–Kier alpha value is -1.72. The number of carbonyl (C=O) groups is 1. The first-order valence-corrected chi connectivity index (χ1v) is 7.95. The molecule has 2 unspecified atom stereocenters. The summed E-state index contributed by atoms with van der Waals surface area (Å²) in [6.45, 7) is 3.14. The third-order valence-electron chi connectivity index (χ3n) is 3.93. The van der Waals surface area contributed by atoms with Crippen LogP contribution in [0.4, 0.5) is 0 Å². The zero-order chi connectivity index (χ0) is 14.8. The highest BCUT2D eigenvalue weighted by Gasteiger charge is 2.30. The zero-order valence-electron chi connectivity index (χ0n) is 11.9. The first kappa shape index (κ1) is 14.2. The summed E-state index contributed by atoms with van der Waals surface area (Å²) in [5.41, 5.74) is 1.03. The minimum Gasteiger partial charge on any atom is -0.393 e. The molecule has 1 amide bonds. The minimum absolute atomic E-state index is 0.0258. The van der Waals surface area contributed by atoms with Crippen molar-refractivity contribution in [1.82, 2.24) is 9.88 Å². The number of hydrogen-bond donors (Lipinski definition) is 1. The molecule has 3 rings (SSSR count). The van der Waals surface area contributed by atoms with Gasteiger partial charge in [-0.3, -0.25) is 4.79 Å². The van der Waals surface area contributed by atoms with Crippen LogP contribution in [0.1, 0.15) is 23.0 Å². The maximum atomic E-state index is 12.5. The van der Waals surface area contributed by atoms with Crippen molar-refractivity contribution >= 4 is 17.2 Å². The number of hydrogen-bond acceptors (Lipinski definition) is 4. The van der Waals surface area contributed by atoms with Gasteiger partial charge in [0.2, 0.25) is 0 Å². The Morgan fingerprint density at radius 1 is 1.43 bits per heavy atom. The Morgan fingerprint density at radius 2 is 2.19 bits per heavy atom. The van der Waals surface area contributed by atoms with Crippen molar-refractivity contribution in [3.8, 4) is 10.6 Å². The van der Waals surface area contributed by atoms with E-state index >= 15 is 0 Å². The first-order valence-electron chi connectivity index (χ1n) is 7.13. The second kappa shape index (κ2) is 5.95. The van der Waals surface area contributed by atoms with Gasteiger partial charge in [0.15, 0.2) is 0 Å². The Labute approximate surface area is 128 Å². The largest absolute Gasteiger partial charge is 0.393 e. The Morgan fingerprint density at radius 3 is 2.86 bits per heavy atom. The fourth-order valence-electron chi connectivity index (χ4n) is 2.61. The molecule has 2 aromatic rings. The van der Waals surface area contributed by atoms with Gasteiger partial charge in [-0.2, -0.15) is 0 Å². The fourth-order valence-corrected chi connectivity index (χ4v) is 3.50. The van der Waals surface area contributed by atoms with Crippen molar-refractivity contribution in [3.63, 3.8) is 0 Å². The lowest BCUT2D eigenvalue weighted by Gasteiger charge is -2.16. The van der Waals surface area contributed by atoms with Crippen LogP contribution in [-0.4, -0.2) is 40.1 Å². The van der Waals surface area contributed by atoms with Crippen LogP contribution in [0.15, 0.2) is 36.5 Å². The summed E-state index contributed by atoms with van der Waals surface area (Å²) in [4.78, 5) is 19.3. The Bertz CT molecular complexity index is 624. The second-order valence-electron chi connectivity index (χ2n) is 5.44. The monoisotopic (exact) mass is 302 g/mol. The summed E-state index contributed by atoms with van der Waals surface area (Å²) in [5.74, 6) is 0.216. The highest BCUT2D eigenvalue weighted by Crippen LogP contribution is 2.28. The van der Waals surface area contributed by atoms with Gasteiger partial charge in [-0.15, -0.1) is 11.3 Å². The number of nitrogens with zero attached hydrogens (tertiary/aromatic N) is 2. The maximum absolute atomic E-state index is 12.5. The molecule has 1 fully saturated rings. The molecule has 1 N–H and O–H groups in total. The predicted octanol–water partition coefficient (Wildman–Crippen LogP) is 2.65. The Balaban J connectivity index is 1.73. The van der Waals surface area contributed by atoms with Gasteiger partial charge in [-0.25, -0.2) is 4.98 Å². The summed E-state index contributed by atoms with van der Waals surface area (Å²) >= 11 is 1.43. The topological polar surface area (TPSA) is 53.4 Å². The first-order chi connectivity index (χ1) is 10.1. The van der Waals surface area contributed by atoms with E-state index in [1.54, 1.807) is 13.1 Å². The van der Waals surface area contributed by atoms with Crippen LogP contribution in [0.3, 0.4) is 0 Å². The molecule has 21 heavy (non-hydrogen) atoms. The van der Waals surface area contributed by atoms with E-state index in [1.807, 2.05) is 35.2 Å². The molecule has 0 bridgehead atoms. The van der Waals surface area contributed by atoms with E-state index in [4.69, 9.17) is 0 Å². The summed E-state index contributed by atoms with van der Waals surface area (Å²) in [6, 6.07) is 9.88. The van der Waals surface area contributed by atoms with E-state index in [-0.39, 0.29) is 17.9 Å². The lowest BCUT2D eigenvalue weighted by molar-refractivity contribution is 0.0767. The number of likely N-dealkylation sites (tertiary alicyclic amines) is 1. The number of amides is 1. The molecule has 0 aliphatic carbocycles. The van der Waals surface area contributed by atoms with Crippen molar-refractivity contribution in [3.05, 3.63) is 41.4 Å². The average Bonchev–Trinajstić information content (AvgIpc) is 3.17. The average molecular weight is 302 g/mol. The van der Waals surface area contributed by atoms with Gasteiger partial charge >= 0.3 is 0 Å². The van der Waals surface area contributed by atoms with E-state index in [0.717, 1.165) is 17.0 Å². The number of aromatic nitrogens is 1. The van der Waals surface area contributed by atoms with Gasteiger partial charge in [0.25, 0.3) is 5.91 Å². The molecule has 4 nitrogen and oxygen atoms in total. The number of aliphatic hydroxyl groups is 1. The van der Waals surface area contributed by atoms with Crippen LogP contribution in [0.25, 0.3) is 10.6 Å². The standard InChI is InChI=1S/C16H18N2O2S/c1-11(19)13-7-8-18(10-13)16(20)14-9-17-15(21-14)12-5-3-2-4-6-12/h2-6,9,11,13,19H,7-8,10H2,1H3. The van der Waals surface area contributed by atoms with E-state index in [2.05, 4.69) is 4.98 Å². The predicted molar refractivity (Wildman–Crippen MR) is 83.2 cm³/mol. The summed E-state index contributed by atoms with van der Waals surface area (Å²) in [6.07, 6.45) is 2.17. The molecule has 0 spiro atoms. The van der Waals surface area contributed by atoms with E-state index in [0.29, 0.717) is 18.0 Å². The third-order valence-corrected chi connectivity index (χ3v) is 4.97. The molecule has 0 radical (unpaired) electrons. The van der Waals surface area contributed by atoms with Crippen LogP contribution >= 0.6 is 11.3 Å². The van der Waals surface area contributed by atoms with Gasteiger partial charge in [-0.05, 0) is 13.3 Å². The highest BCUT2D eigenvalue weighted by molar-refractivity contribution is 7.16. The van der Waals surface area contributed by atoms with Crippen LogP contribution in [0, 0.1) is 5.92 Å². The fraction of sp³-hybridized carbons (Fsp3) is 0.375. The molecule has 0 saturated carbocycles. The normalized spacial score (nSPS) is 19.7. The maximum Gasteiger partial charge on any atom is 0.265 e. The molecule has 1 aromatic carbocycles. The molecule has 1 aliphatic heterocycles. The number of benzene rings is 1. The van der Waals surface area contributed by atoms with Crippen LogP contribution in [0.5, 0.6) is 0 Å². The van der Waals surface area contributed by atoms with E-state index < -0.39 is 0 Å². The zero-order valence-corrected chi connectivity index (χ0v) is 12.7. The SMILES string of the molecule is CC(O)C1CCN(C(=O)c2cnc(-c3ccccc3)s2)C1. The molecule has 1 aromatic heterocycles. The quantitative estimate of drug-likeness (QED) is 0.948. The van der Waals surface area contributed by atoms with Gasteiger partial charge in [0, 0.05) is 24.6 Å². The van der Waals surface area contributed by atoms with Crippen LogP contribution in [-0.2, 0) is 0 Å². The minimum atomic E-state index is -0.357. The van der Waals surface area contributed by atoms with Crippen LogP contribution in [0.2, 0.25) is 0 Å². The van der Waals surface area contributed by atoms with Crippen molar-refractivity contribution in [2.24, 2.45) is 5.92 Å². The molecule has 1 aliphatic rings. The number of thiazole rings is 1. The smallest absolute Gasteiger partial charge is 0.265 e. The van der Waals surface area contributed by atoms with Gasteiger partial charge in [0.05, 0.1) is 12.3 Å². The molecular formula is C16H18N2O2S. The van der Waals surface area contributed by atoms with E-state index in [1.165, 1.54) is 11.3 Å². The number of carbonyl (C=O) groups excluding carboxylic acids is 1. The third kappa shape index (κ3) is 2.99. The van der Waals surface area contributed by atoms with Crippen LogP contribution < -0.4 is 0 Å². The summed E-state index contributed by atoms with van der Waals surface area (Å²) < 4.78 is 0. The number of aliphatic hydroxyl groups excluding tert-OH is 1. The lowest BCUT2D eigenvalue weighted by atomic mass is 10.0. The molecule has 5 heteroatoms. The van der Waals surface area contributed by atoms with Gasteiger partial charge in [0.1, 0.15) is 9.88 Å². The molecule has 110 valence electrons. The number of rotatable bonds is 3. The molecule has 2 heterocycles. The molecular weight excluding hydrogens is 284 g/mol. The second-order valence-corrected chi connectivity index (χ2v) is 6.47. The van der Waals surface area contributed by atoms with Crippen molar-refractivity contribution in [1.29, 1.82) is 0 Å². The summed E-state index contributed by atoms with van der Waals surface area (Å²) in [5, 5.41) is 10.5. The highest BCUT2D eigenvalue weighted by atomic mass is 32.1. The summed E-state index contributed by atoms with van der Waals surface area (Å²) in [7, 11) is 0. The molecule has 2 atom stereocenters. The van der Waals surface area contributed by atoms with Gasteiger partial charge in [-0.1, -0.05) is 30.3 Å². The van der Waals surface area contributed by atoms with Crippen molar-refractivity contribution in [2.45, 2.75) is 19.4 Å². The molecule has 1 saturated heterocycles. The lowest BCUT2D eigenvalue weighted by Crippen LogP contribution is -2.29. The van der Waals surface area contributed by atoms with Crippen molar-refractivity contribution in [2.75, 3.05) is 13.1 Å². The van der Waals surface area contributed by atoms with Gasteiger partial charge < -0.3 is 10.0 Å². The van der Waals surface area contributed by atoms with E-state index in [9.17, 15) is 9.90 Å².